The molecule has 1 saturated carbocycles. The topological polar surface area (TPSA) is 35.2 Å². The Bertz CT molecular complexity index is 386. The van der Waals surface area contributed by atoms with Crippen LogP contribution in [0.4, 0.5) is 4.39 Å². The molecule has 0 spiro atoms. The normalized spacial score (nSPS) is 18.6. The highest BCUT2D eigenvalue weighted by molar-refractivity contribution is 5.36. The Morgan fingerprint density at radius 3 is 2.72 bits per heavy atom. The van der Waals surface area contributed by atoms with Crippen LogP contribution in [-0.2, 0) is 0 Å². The molecule has 1 atom stereocenters. The summed E-state index contributed by atoms with van der Waals surface area (Å²) in [5.74, 6) is 1.12. The lowest BCUT2D eigenvalue weighted by Crippen LogP contribution is -2.17. The first kappa shape index (κ1) is 13.3. The molecule has 1 aliphatic rings. The number of hydrogen-bond acceptors (Lipinski definition) is 2. The molecule has 2 rings (SSSR count). The lowest BCUT2D eigenvalue weighted by molar-refractivity contribution is 0.206. The maximum Gasteiger partial charge on any atom is 0.124 e. The van der Waals surface area contributed by atoms with E-state index in [0.717, 1.165) is 17.9 Å². The standard InChI is InChI=1S/C15H22FNO/c1-11(17)14-9-13(16)7-8-15(14)18-10-12-5-3-2-4-6-12/h7-9,11-12H,2-6,10,17H2,1H3/t11-/m1/s1. The van der Waals surface area contributed by atoms with E-state index >= 15 is 0 Å². The van der Waals surface area contributed by atoms with Crippen molar-refractivity contribution in [3.63, 3.8) is 0 Å². The predicted octanol–water partition coefficient (Wildman–Crippen LogP) is 3.80. The van der Waals surface area contributed by atoms with Crippen molar-refractivity contribution in [3.8, 4) is 5.75 Å². The van der Waals surface area contributed by atoms with E-state index in [1.54, 1.807) is 6.07 Å². The molecule has 0 heterocycles. The quantitative estimate of drug-likeness (QED) is 0.883. The fourth-order valence-corrected chi connectivity index (χ4v) is 2.57. The SMILES string of the molecule is C[C@@H](N)c1cc(F)ccc1OCC1CCCCC1. The fourth-order valence-electron chi connectivity index (χ4n) is 2.57. The minimum Gasteiger partial charge on any atom is -0.493 e. The molecule has 2 N–H and O–H groups in total. The van der Waals surface area contributed by atoms with Crippen molar-refractivity contribution in [2.24, 2.45) is 11.7 Å². The first-order chi connectivity index (χ1) is 8.66. The van der Waals surface area contributed by atoms with E-state index < -0.39 is 0 Å². The van der Waals surface area contributed by atoms with E-state index in [2.05, 4.69) is 0 Å². The third-order valence-electron chi connectivity index (χ3n) is 3.66. The predicted molar refractivity (Wildman–Crippen MR) is 71.1 cm³/mol. The molecule has 18 heavy (non-hydrogen) atoms. The first-order valence-corrected chi connectivity index (χ1v) is 6.84. The van der Waals surface area contributed by atoms with Gasteiger partial charge in [0.05, 0.1) is 6.61 Å². The fraction of sp³-hybridized carbons (Fsp3) is 0.600. The van der Waals surface area contributed by atoms with Gasteiger partial charge in [-0.25, -0.2) is 4.39 Å². The molecular formula is C15H22FNO. The van der Waals surface area contributed by atoms with E-state index in [4.69, 9.17) is 10.5 Å². The molecule has 1 aliphatic carbocycles. The Morgan fingerprint density at radius 2 is 2.06 bits per heavy atom. The highest BCUT2D eigenvalue weighted by atomic mass is 19.1. The second kappa shape index (κ2) is 6.19. The summed E-state index contributed by atoms with van der Waals surface area (Å²) in [5, 5.41) is 0. The monoisotopic (exact) mass is 251 g/mol. The molecule has 2 nitrogen and oxygen atoms in total. The van der Waals surface area contributed by atoms with Crippen LogP contribution in [0.3, 0.4) is 0 Å². The van der Waals surface area contributed by atoms with Gasteiger partial charge < -0.3 is 10.5 Å². The minimum absolute atomic E-state index is 0.206. The first-order valence-electron chi connectivity index (χ1n) is 6.84. The van der Waals surface area contributed by atoms with Crippen molar-refractivity contribution in [1.82, 2.24) is 0 Å². The number of ether oxygens (including phenoxy) is 1. The minimum atomic E-state index is -0.257. The molecule has 1 aromatic carbocycles. The van der Waals surface area contributed by atoms with Gasteiger partial charge in [-0.2, -0.15) is 0 Å². The van der Waals surface area contributed by atoms with Crippen molar-refractivity contribution in [3.05, 3.63) is 29.6 Å². The van der Waals surface area contributed by atoms with Gasteiger partial charge in [0.25, 0.3) is 0 Å². The third kappa shape index (κ3) is 3.45. The summed E-state index contributed by atoms with van der Waals surface area (Å²) in [6, 6.07) is 4.39. The maximum atomic E-state index is 13.2. The number of halogens is 1. The molecule has 3 heteroatoms. The van der Waals surface area contributed by atoms with Gasteiger partial charge in [0, 0.05) is 11.6 Å². The Morgan fingerprint density at radius 1 is 1.33 bits per heavy atom. The van der Waals surface area contributed by atoms with Gasteiger partial charge in [-0.1, -0.05) is 19.3 Å². The molecule has 100 valence electrons. The lowest BCUT2D eigenvalue weighted by atomic mass is 9.90. The number of rotatable bonds is 4. The Kier molecular flexibility index (Phi) is 4.59. The Balaban J connectivity index is 1.99. The van der Waals surface area contributed by atoms with Gasteiger partial charge in [-0.3, -0.25) is 0 Å². The molecule has 0 radical (unpaired) electrons. The Labute approximate surface area is 108 Å². The molecular weight excluding hydrogens is 229 g/mol. The molecule has 0 bridgehead atoms. The number of nitrogens with two attached hydrogens (primary N) is 1. The largest absolute Gasteiger partial charge is 0.493 e. The van der Waals surface area contributed by atoms with E-state index in [-0.39, 0.29) is 11.9 Å². The van der Waals surface area contributed by atoms with E-state index in [1.165, 1.54) is 44.2 Å². The van der Waals surface area contributed by atoms with Crippen LogP contribution in [0.5, 0.6) is 5.75 Å². The van der Waals surface area contributed by atoms with Crippen LogP contribution in [0, 0.1) is 11.7 Å². The van der Waals surface area contributed by atoms with Crippen LogP contribution in [0.1, 0.15) is 50.6 Å². The summed E-state index contributed by atoms with van der Waals surface area (Å²) in [7, 11) is 0. The van der Waals surface area contributed by atoms with E-state index in [9.17, 15) is 4.39 Å². The lowest BCUT2D eigenvalue weighted by Gasteiger charge is -2.23. The molecule has 0 amide bonds. The van der Waals surface area contributed by atoms with Crippen molar-refractivity contribution in [2.75, 3.05) is 6.61 Å². The molecule has 1 fully saturated rings. The maximum absolute atomic E-state index is 13.2. The van der Waals surface area contributed by atoms with Gasteiger partial charge in [-0.05, 0) is 43.9 Å². The number of hydrogen-bond donors (Lipinski definition) is 1. The zero-order valence-electron chi connectivity index (χ0n) is 11.0. The molecule has 1 aromatic rings. The summed E-state index contributed by atoms with van der Waals surface area (Å²) in [6.45, 7) is 2.58. The van der Waals surface area contributed by atoms with Crippen LogP contribution in [-0.4, -0.2) is 6.61 Å². The van der Waals surface area contributed by atoms with Gasteiger partial charge in [0.15, 0.2) is 0 Å². The van der Waals surface area contributed by atoms with E-state index in [0.29, 0.717) is 5.92 Å². The summed E-state index contributed by atoms with van der Waals surface area (Å²) >= 11 is 0. The van der Waals surface area contributed by atoms with Crippen molar-refractivity contribution in [1.29, 1.82) is 0 Å². The van der Waals surface area contributed by atoms with Crippen LogP contribution < -0.4 is 10.5 Å². The summed E-state index contributed by atoms with van der Waals surface area (Å²) in [4.78, 5) is 0. The molecule has 0 saturated heterocycles. The average molecular weight is 251 g/mol. The van der Waals surface area contributed by atoms with Crippen molar-refractivity contribution in [2.45, 2.75) is 45.1 Å². The van der Waals surface area contributed by atoms with Gasteiger partial charge in [0.1, 0.15) is 11.6 Å². The second-order valence-electron chi connectivity index (χ2n) is 5.29. The Hall–Kier alpha value is -1.09. The van der Waals surface area contributed by atoms with Crippen LogP contribution >= 0.6 is 0 Å². The number of benzene rings is 1. The molecule has 0 aliphatic heterocycles. The van der Waals surface area contributed by atoms with Gasteiger partial charge >= 0.3 is 0 Å². The average Bonchev–Trinajstić information content (AvgIpc) is 2.38. The van der Waals surface area contributed by atoms with Gasteiger partial charge in [-0.15, -0.1) is 0 Å². The third-order valence-corrected chi connectivity index (χ3v) is 3.66. The molecule has 0 aromatic heterocycles. The second-order valence-corrected chi connectivity index (χ2v) is 5.29. The van der Waals surface area contributed by atoms with E-state index in [1.807, 2.05) is 6.92 Å². The zero-order valence-corrected chi connectivity index (χ0v) is 11.0. The summed E-state index contributed by atoms with van der Waals surface area (Å²) in [6.07, 6.45) is 6.44. The summed E-state index contributed by atoms with van der Waals surface area (Å²) in [5.41, 5.74) is 6.60. The summed E-state index contributed by atoms with van der Waals surface area (Å²) < 4.78 is 19.0. The van der Waals surface area contributed by atoms with Crippen LogP contribution in [0.25, 0.3) is 0 Å². The highest BCUT2D eigenvalue weighted by Gasteiger charge is 2.16. The van der Waals surface area contributed by atoms with Crippen LogP contribution in [0.2, 0.25) is 0 Å². The van der Waals surface area contributed by atoms with Crippen LogP contribution in [0.15, 0.2) is 18.2 Å². The zero-order chi connectivity index (χ0) is 13.0. The smallest absolute Gasteiger partial charge is 0.124 e. The highest BCUT2D eigenvalue weighted by Crippen LogP contribution is 2.28. The van der Waals surface area contributed by atoms with Crippen molar-refractivity contribution < 1.29 is 9.13 Å². The van der Waals surface area contributed by atoms with Gasteiger partial charge in [0.2, 0.25) is 0 Å². The van der Waals surface area contributed by atoms with Crippen molar-refractivity contribution >= 4 is 0 Å². The molecule has 0 unspecified atom stereocenters.